The average molecular weight is 223 g/mol. The van der Waals surface area contributed by atoms with Crippen LogP contribution in [-0.2, 0) is 0 Å². The molecule has 15 heavy (non-hydrogen) atoms. The topological polar surface area (TPSA) is 54.7 Å². The number of benzene rings is 1. The molecule has 0 aliphatic rings. The zero-order valence-electron chi connectivity index (χ0n) is 8.12. The molecule has 0 saturated carbocycles. The summed E-state index contributed by atoms with van der Waals surface area (Å²) in [5.41, 5.74) is 7.20. The van der Waals surface area contributed by atoms with E-state index < -0.39 is 0 Å². The standard InChI is InChI=1S/C10H10FN3S/c1-15-9-3-2-6(11)4-7(9)8-5-13-14-10(8)12/h2-5H,1H3,(H3,12,13,14). The van der Waals surface area contributed by atoms with Gasteiger partial charge in [-0.3, -0.25) is 5.10 Å². The minimum Gasteiger partial charge on any atom is -0.384 e. The highest BCUT2D eigenvalue weighted by atomic mass is 32.2. The van der Waals surface area contributed by atoms with Gasteiger partial charge in [0.05, 0.1) is 6.20 Å². The first-order valence-electron chi connectivity index (χ1n) is 4.35. The van der Waals surface area contributed by atoms with Crippen molar-refractivity contribution in [1.82, 2.24) is 10.2 Å². The van der Waals surface area contributed by atoms with Gasteiger partial charge in [0.1, 0.15) is 11.6 Å². The van der Waals surface area contributed by atoms with E-state index in [2.05, 4.69) is 10.2 Å². The second kappa shape index (κ2) is 3.94. The molecule has 5 heteroatoms. The summed E-state index contributed by atoms with van der Waals surface area (Å²) in [5, 5.41) is 6.46. The van der Waals surface area contributed by atoms with Crippen molar-refractivity contribution in [2.75, 3.05) is 12.0 Å². The molecule has 3 nitrogen and oxygen atoms in total. The molecular formula is C10H10FN3S. The summed E-state index contributed by atoms with van der Waals surface area (Å²) in [7, 11) is 0. The molecule has 0 atom stereocenters. The molecule has 1 heterocycles. The van der Waals surface area contributed by atoms with Crippen molar-refractivity contribution >= 4 is 17.6 Å². The molecule has 2 aromatic rings. The van der Waals surface area contributed by atoms with E-state index in [1.54, 1.807) is 24.0 Å². The van der Waals surface area contributed by atoms with Crippen LogP contribution in [0.5, 0.6) is 0 Å². The number of hydrogen-bond acceptors (Lipinski definition) is 3. The lowest BCUT2D eigenvalue weighted by molar-refractivity contribution is 0.627. The third-order valence-electron chi connectivity index (χ3n) is 2.12. The van der Waals surface area contributed by atoms with E-state index >= 15 is 0 Å². The van der Waals surface area contributed by atoms with Gasteiger partial charge >= 0.3 is 0 Å². The number of nitrogens with zero attached hydrogens (tertiary/aromatic N) is 1. The zero-order valence-corrected chi connectivity index (χ0v) is 8.94. The van der Waals surface area contributed by atoms with Crippen molar-refractivity contribution in [3.63, 3.8) is 0 Å². The van der Waals surface area contributed by atoms with Gasteiger partial charge in [-0.2, -0.15) is 5.10 Å². The lowest BCUT2D eigenvalue weighted by atomic mass is 10.1. The number of nitrogen functional groups attached to an aromatic ring is 1. The molecule has 0 unspecified atom stereocenters. The molecular weight excluding hydrogens is 213 g/mol. The van der Waals surface area contributed by atoms with Gasteiger partial charge in [-0.05, 0) is 24.5 Å². The fraction of sp³-hybridized carbons (Fsp3) is 0.100. The first-order valence-corrected chi connectivity index (χ1v) is 5.57. The summed E-state index contributed by atoms with van der Waals surface area (Å²) in [4.78, 5) is 0.976. The van der Waals surface area contributed by atoms with E-state index in [4.69, 9.17) is 5.73 Å². The van der Waals surface area contributed by atoms with E-state index in [0.29, 0.717) is 5.82 Å². The van der Waals surface area contributed by atoms with Gasteiger partial charge in [-0.1, -0.05) is 0 Å². The number of anilines is 1. The van der Waals surface area contributed by atoms with E-state index in [9.17, 15) is 4.39 Å². The fourth-order valence-electron chi connectivity index (χ4n) is 1.40. The largest absolute Gasteiger partial charge is 0.384 e. The highest BCUT2D eigenvalue weighted by molar-refractivity contribution is 7.98. The summed E-state index contributed by atoms with van der Waals surface area (Å²) in [5.74, 6) is 0.180. The monoisotopic (exact) mass is 223 g/mol. The van der Waals surface area contributed by atoms with Crippen molar-refractivity contribution in [2.45, 2.75) is 4.90 Å². The van der Waals surface area contributed by atoms with Gasteiger partial charge in [-0.25, -0.2) is 4.39 Å². The van der Waals surface area contributed by atoms with E-state index in [0.717, 1.165) is 16.0 Å². The van der Waals surface area contributed by atoms with Crippen LogP contribution in [0, 0.1) is 5.82 Å². The molecule has 0 spiro atoms. The van der Waals surface area contributed by atoms with Gasteiger partial charge in [0, 0.05) is 16.0 Å². The summed E-state index contributed by atoms with van der Waals surface area (Å²) in [6.07, 6.45) is 3.54. The summed E-state index contributed by atoms with van der Waals surface area (Å²) < 4.78 is 13.1. The molecule has 0 bridgehead atoms. The number of halogens is 1. The van der Waals surface area contributed by atoms with Crippen LogP contribution >= 0.6 is 11.8 Å². The molecule has 0 aliphatic carbocycles. The van der Waals surface area contributed by atoms with Crippen LogP contribution in [0.25, 0.3) is 11.1 Å². The van der Waals surface area contributed by atoms with Crippen molar-refractivity contribution in [3.05, 3.63) is 30.2 Å². The lowest BCUT2D eigenvalue weighted by Gasteiger charge is -2.05. The van der Waals surface area contributed by atoms with E-state index in [-0.39, 0.29) is 5.82 Å². The first-order chi connectivity index (χ1) is 7.22. The Bertz CT molecular complexity index is 481. The van der Waals surface area contributed by atoms with Gasteiger partial charge in [-0.15, -0.1) is 11.8 Å². The number of H-pyrrole nitrogens is 1. The molecule has 78 valence electrons. The minimum absolute atomic E-state index is 0.275. The van der Waals surface area contributed by atoms with Crippen molar-refractivity contribution in [1.29, 1.82) is 0 Å². The number of aromatic nitrogens is 2. The quantitative estimate of drug-likeness (QED) is 0.769. The molecule has 1 aromatic heterocycles. The predicted molar refractivity (Wildman–Crippen MR) is 60.2 cm³/mol. The van der Waals surface area contributed by atoms with E-state index in [1.807, 2.05) is 6.26 Å². The number of nitrogens with two attached hydrogens (primary N) is 1. The number of rotatable bonds is 2. The lowest BCUT2D eigenvalue weighted by Crippen LogP contribution is -1.90. The van der Waals surface area contributed by atoms with Crippen molar-refractivity contribution < 1.29 is 4.39 Å². The van der Waals surface area contributed by atoms with Crippen LogP contribution in [0.15, 0.2) is 29.3 Å². The zero-order chi connectivity index (χ0) is 10.8. The maximum Gasteiger partial charge on any atom is 0.126 e. The number of thioether (sulfide) groups is 1. The number of nitrogens with one attached hydrogen (secondary N) is 1. The minimum atomic E-state index is -0.275. The maximum absolute atomic E-state index is 13.1. The van der Waals surface area contributed by atoms with Gasteiger partial charge in [0.25, 0.3) is 0 Å². The SMILES string of the molecule is CSc1ccc(F)cc1-c1cn[nH]c1N. The van der Waals surface area contributed by atoms with E-state index in [1.165, 1.54) is 12.1 Å². The second-order valence-electron chi connectivity index (χ2n) is 3.04. The Morgan fingerprint density at radius 3 is 2.80 bits per heavy atom. The molecule has 1 aromatic carbocycles. The third-order valence-corrected chi connectivity index (χ3v) is 2.92. The molecule has 0 fully saturated rings. The van der Waals surface area contributed by atoms with Crippen molar-refractivity contribution in [2.24, 2.45) is 0 Å². The smallest absolute Gasteiger partial charge is 0.126 e. The van der Waals surface area contributed by atoms with Crippen LogP contribution in [0.2, 0.25) is 0 Å². The average Bonchev–Trinajstić information content (AvgIpc) is 2.64. The summed E-state index contributed by atoms with van der Waals surface area (Å²) in [6.45, 7) is 0. The molecule has 0 saturated heterocycles. The Balaban J connectivity index is 2.60. The van der Waals surface area contributed by atoms with Crippen LogP contribution in [0.4, 0.5) is 10.2 Å². The fourth-order valence-corrected chi connectivity index (χ4v) is 1.99. The van der Waals surface area contributed by atoms with Gasteiger partial charge < -0.3 is 5.73 Å². The van der Waals surface area contributed by atoms with Crippen LogP contribution in [0.3, 0.4) is 0 Å². The predicted octanol–water partition coefficient (Wildman–Crippen LogP) is 2.52. The third kappa shape index (κ3) is 1.83. The molecule has 3 N–H and O–H groups in total. The Hall–Kier alpha value is -1.49. The van der Waals surface area contributed by atoms with Crippen LogP contribution in [0.1, 0.15) is 0 Å². The Labute approximate surface area is 90.9 Å². The summed E-state index contributed by atoms with van der Waals surface area (Å²) in [6, 6.07) is 4.64. The Morgan fingerprint density at radius 1 is 1.40 bits per heavy atom. The normalized spacial score (nSPS) is 10.5. The Morgan fingerprint density at radius 2 is 2.20 bits per heavy atom. The van der Waals surface area contributed by atoms with Gasteiger partial charge in [0.2, 0.25) is 0 Å². The molecule has 2 rings (SSSR count). The maximum atomic E-state index is 13.1. The molecule has 0 amide bonds. The number of aromatic amines is 1. The van der Waals surface area contributed by atoms with Gasteiger partial charge in [0.15, 0.2) is 0 Å². The second-order valence-corrected chi connectivity index (χ2v) is 3.89. The Kier molecular flexibility index (Phi) is 2.64. The molecule has 0 aliphatic heterocycles. The van der Waals surface area contributed by atoms with Crippen LogP contribution < -0.4 is 5.73 Å². The molecule has 0 radical (unpaired) electrons. The number of hydrogen-bond donors (Lipinski definition) is 2. The first kappa shape index (κ1) is 10.0. The van der Waals surface area contributed by atoms with Crippen molar-refractivity contribution in [3.8, 4) is 11.1 Å². The van der Waals surface area contributed by atoms with Crippen LogP contribution in [-0.4, -0.2) is 16.5 Å². The highest BCUT2D eigenvalue weighted by Gasteiger charge is 2.10. The summed E-state index contributed by atoms with van der Waals surface area (Å²) >= 11 is 1.55. The highest BCUT2D eigenvalue weighted by Crippen LogP contribution is 2.32.